The summed E-state index contributed by atoms with van der Waals surface area (Å²) in [6, 6.07) is 6.82. The van der Waals surface area contributed by atoms with Gasteiger partial charge in [0.05, 0.1) is 24.0 Å². The third kappa shape index (κ3) is 5.05. The smallest absolute Gasteiger partial charge is 0.346 e. The molecule has 24 heavy (non-hydrogen) atoms. The Morgan fingerprint density at radius 2 is 2.04 bits per heavy atom. The van der Waals surface area contributed by atoms with E-state index in [0.29, 0.717) is 23.3 Å². The molecule has 0 atom stereocenters. The molecule has 0 saturated carbocycles. The lowest BCUT2D eigenvalue weighted by atomic mass is 10.2. The summed E-state index contributed by atoms with van der Waals surface area (Å²) < 4.78 is 36.3. The van der Waals surface area contributed by atoms with E-state index in [1.807, 2.05) is 5.32 Å². The summed E-state index contributed by atoms with van der Waals surface area (Å²) in [5.41, 5.74) is 0.224. The summed E-state index contributed by atoms with van der Waals surface area (Å²) in [7, 11) is 0. The highest BCUT2D eigenvalue weighted by Crippen LogP contribution is 2.12. The number of aromatic amines is 1. The molecule has 6 nitrogen and oxygen atoms in total. The molecule has 2 rings (SSSR count). The van der Waals surface area contributed by atoms with Gasteiger partial charge in [0, 0.05) is 0 Å². The highest BCUT2D eigenvalue weighted by molar-refractivity contribution is 5.78. The monoisotopic (exact) mass is 342 g/mol. The van der Waals surface area contributed by atoms with Crippen LogP contribution in [0.4, 0.5) is 13.2 Å². The van der Waals surface area contributed by atoms with Crippen molar-refractivity contribution in [2.75, 3.05) is 19.6 Å². The van der Waals surface area contributed by atoms with Crippen molar-refractivity contribution in [2.24, 2.45) is 0 Å². The number of H-pyrrole nitrogens is 1. The van der Waals surface area contributed by atoms with Crippen LogP contribution in [0.15, 0.2) is 29.1 Å². The number of carbonyl (C=O) groups excluding carboxylic acids is 1. The van der Waals surface area contributed by atoms with Gasteiger partial charge in [-0.3, -0.25) is 14.5 Å². The quantitative estimate of drug-likeness (QED) is 0.832. The Morgan fingerprint density at radius 3 is 2.71 bits per heavy atom. The van der Waals surface area contributed by atoms with E-state index < -0.39 is 18.6 Å². The second-order valence-electron chi connectivity index (χ2n) is 5.22. The summed E-state index contributed by atoms with van der Waals surface area (Å²) in [4.78, 5) is 32.1. The minimum absolute atomic E-state index is 0.149. The fraction of sp³-hybridized carbons (Fsp3) is 0.400. The average Bonchev–Trinajstić information content (AvgIpc) is 2.52. The predicted molar refractivity (Wildman–Crippen MR) is 82.4 cm³/mol. The lowest BCUT2D eigenvalue weighted by Crippen LogP contribution is -2.41. The number of amides is 1. The molecular formula is C15H17F3N4O2. The molecule has 0 radical (unpaired) electrons. The van der Waals surface area contributed by atoms with Crippen LogP contribution in [-0.4, -0.2) is 46.6 Å². The van der Waals surface area contributed by atoms with Crippen LogP contribution in [0.3, 0.4) is 0 Å². The van der Waals surface area contributed by atoms with Gasteiger partial charge < -0.3 is 10.3 Å². The van der Waals surface area contributed by atoms with Crippen LogP contribution in [0.1, 0.15) is 12.7 Å². The van der Waals surface area contributed by atoms with E-state index in [1.54, 1.807) is 36.1 Å². The maximum Gasteiger partial charge on any atom is 0.405 e. The number of fused-ring (bicyclic) bond motifs is 1. The molecular weight excluding hydrogens is 325 g/mol. The summed E-state index contributed by atoms with van der Waals surface area (Å²) in [6.07, 6.45) is -4.45. The third-order valence-corrected chi connectivity index (χ3v) is 3.34. The van der Waals surface area contributed by atoms with E-state index in [-0.39, 0.29) is 18.6 Å². The number of benzene rings is 1. The van der Waals surface area contributed by atoms with Gasteiger partial charge in [-0.05, 0) is 18.7 Å². The molecule has 0 saturated heterocycles. The Kier molecular flexibility index (Phi) is 5.55. The van der Waals surface area contributed by atoms with Gasteiger partial charge in [-0.25, -0.2) is 4.98 Å². The average molecular weight is 342 g/mol. The molecule has 1 aromatic carbocycles. The first-order valence-corrected chi connectivity index (χ1v) is 7.32. The highest BCUT2D eigenvalue weighted by Gasteiger charge is 2.27. The van der Waals surface area contributed by atoms with Gasteiger partial charge in [-0.15, -0.1) is 0 Å². The molecule has 0 aliphatic rings. The summed E-state index contributed by atoms with van der Waals surface area (Å²) in [5.74, 6) is -0.388. The van der Waals surface area contributed by atoms with Crippen LogP contribution < -0.4 is 10.9 Å². The van der Waals surface area contributed by atoms with Crippen LogP contribution >= 0.6 is 0 Å². The largest absolute Gasteiger partial charge is 0.405 e. The molecule has 0 aliphatic carbocycles. The summed E-state index contributed by atoms with van der Waals surface area (Å²) >= 11 is 0. The zero-order chi connectivity index (χ0) is 17.7. The molecule has 0 bridgehead atoms. The summed E-state index contributed by atoms with van der Waals surface area (Å²) in [6.45, 7) is 0.736. The van der Waals surface area contributed by atoms with Crippen molar-refractivity contribution in [2.45, 2.75) is 19.6 Å². The second kappa shape index (κ2) is 7.43. The topological polar surface area (TPSA) is 78.1 Å². The van der Waals surface area contributed by atoms with Crippen molar-refractivity contribution in [3.05, 3.63) is 40.4 Å². The van der Waals surface area contributed by atoms with Crippen molar-refractivity contribution in [1.82, 2.24) is 20.2 Å². The minimum atomic E-state index is -4.45. The van der Waals surface area contributed by atoms with Gasteiger partial charge in [-0.1, -0.05) is 19.1 Å². The molecule has 0 spiro atoms. The zero-order valence-electron chi connectivity index (χ0n) is 13.0. The van der Waals surface area contributed by atoms with Gasteiger partial charge >= 0.3 is 6.18 Å². The van der Waals surface area contributed by atoms with E-state index in [4.69, 9.17) is 0 Å². The Bertz CT molecular complexity index is 773. The molecule has 1 heterocycles. The SMILES string of the molecule is CCN(CC(=O)NCC(F)(F)F)Cc1nc2ccccc2c(=O)[nH]1. The number of rotatable bonds is 6. The van der Waals surface area contributed by atoms with Crippen LogP contribution in [0.2, 0.25) is 0 Å². The Balaban J connectivity index is 2.05. The van der Waals surface area contributed by atoms with Crippen LogP contribution in [0.5, 0.6) is 0 Å². The zero-order valence-corrected chi connectivity index (χ0v) is 13.0. The second-order valence-corrected chi connectivity index (χ2v) is 5.22. The number of hydrogen-bond donors (Lipinski definition) is 2. The predicted octanol–water partition coefficient (Wildman–Crippen LogP) is 1.42. The fourth-order valence-electron chi connectivity index (χ4n) is 2.16. The maximum absolute atomic E-state index is 12.1. The van der Waals surface area contributed by atoms with Crippen molar-refractivity contribution in [3.63, 3.8) is 0 Å². The molecule has 130 valence electrons. The molecule has 9 heteroatoms. The lowest BCUT2D eigenvalue weighted by molar-refractivity contribution is -0.139. The number of aromatic nitrogens is 2. The Labute approximate surface area is 135 Å². The molecule has 0 aliphatic heterocycles. The number of carbonyl (C=O) groups is 1. The van der Waals surface area contributed by atoms with Crippen LogP contribution in [0.25, 0.3) is 10.9 Å². The van der Waals surface area contributed by atoms with Gasteiger partial charge in [-0.2, -0.15) is 13.2 Å². The van der Waals surface area contributed by atoms with E-state index in [9.17, 15) is 22.8 Å². The molecule has 2 aromatic rings. The molecule has 0 unspecified atom stereocenters. The van der Waals surface area contributed by atoms with Crippen molar-refractivity contribution >= 4 is 16.8 Å². The number of alkyl halides is 3. The molecule has 0 fully saturated rings. The lowest BCUT2D eigenvalue weighted by Gasteiger charge is -2.19. The number of hydrogen-bond acceptors (Lipinski definition) is 4. The number of likely N-dealkylation sites (N-methyl/N-ethyl adjacent to an activating group) is 1. The third-order valence-electron chi connectivity index (χ3n) is 3.34. The Hall–Kier alpha value is -2.42. The number of para-hydroxylation sites is 1. The number of nitrogens with zero attached hydrogens (tertiary/aromatic N) is 2. The first-order chi connectivity index (χ1) is 11.3. The maximum atomic E-state index is 12.1. The molecule has 1 aromatic heterocycles. The van der Waals surface area contributed by atoms with Gasteiger partial charge in [0.2, 0.25) is 5.91 Å². The normalized spacial score (nSPS) is 11.9. The van der Waals surface area contributed by atoms with E-state index in [2.05, 4.69) is 9.97 Å². The van der Waals surface area contributed by atoms with Gasteiger partial charge in [0.15, 0.2) is 0 Å². The van der Waals surface area contributed by atoms with Crippen molar-refractivity contribution in [1.29, 1.82) is 0 Å². The minimum Gasteiger partial charge on any atom is -0.346 e. The standard InChI is InChI=1S/C15H17F3N4O2/c1-2-22(8-13(23)19-9-15(16,17)18)7-12-20-11-6-4-3-5-10(11)14(24)21-12/h3-6H,2,7-9H2,1H3,(H,19,23)(H,20,21,24). The fourth-order valence-corrected chi connectivity index (χ4v) is 2.16. The number of halogens is 3. The summed E-state index contributed by atoms with van der Waals surface area (Å²) in [5, 5.41) is 2.27. The first kappa shape index (κ1) is 17.9. The van der Waals surface area contributed by atoms with Crippen molar-refractivity contribution in [3.8, 4) is 0 Å². The highest BCUT2D eigenvalue weighted by atomic mass is 19.4. The van der Waals surface area contributed by atoms with E-state index in [0.717, 1.165) is 0 Å². The van der Waals surface area contributed by atoms with E-state index in [1.165, 1.54) is 0 Å². The number of nitrogens with one attached hydrogen (secondary N) is 2. The van der Waals surface area contributed by atoms with Crippen molar-refractivity contribution < 1.29 is 18.0 Å². The van der Waals surface area contributed by atoms with Crippen LogP contribution in [-0.2, 0) is 11.3 Å². The molecule has 1 amide bonds. The van der Waals surface area contributed by atoms with E-state index >= 15 is 0 Å². The molecule has 2 N–H and O–H groups in total. The van der Waals surface area contributed by atoms with Gasteiger partial charge in [0.25, 0.3) is 5.56 Å². The Morgan fingerprint density at radius 1 is 1.33 bits per heavy atom. The van der Waals surface area contributed by atoms with Crippen LogP contribution in [0, 0.1) is 0 Å². The van der Waals surface area contributed by atoms with Gasteiger partial charge in [0.1, 0.15) is 12.4 Å². The first-order valence-electron chi connectivity index (χ1n) is 7.32.